The zero-order chi connectivity index (χ0) is 21.3. The van der Waals surface area contributed by atoms with Crippen LogP contribution in [0.1, 0.15) is 21.5 Å². The molecule has 30 heavy (non-hydrogen) atoms. The summed E-state index contributed by atoms with van der Waals surface area (Å²) in [5.41, 5.74) is 5.53. The Kier molecular flexibility index (Phi) is 5.65. The summed E-state index contributed by atoms with van der Waals surface area (Å²) in [5.74, 6) is 0.282. The van der Waals surface area contributed by atoms with Gasteiger partial charge >= 0.3 is 0 Å². The van der Waals surface area contributed by atoms with Crippen LogP contribution in [0.2, 0.25) is 0 Å². The van der Waals surface area contributed by atoms with E-state index in [4.69, 9.17) is 16.6 Å². The summed E-state index contributed by atoms with van der Waals surface area (Å²) < 4.78 is 6.78. The van der Waals surface area contributed by atoms with E-state index in [1.165, 1.54) is 0 Å². The lowest BCUT2D eigenvalue weighted by molar-refractivity contribution is 0.0977. The lowest BCUT2D eigenvalue weighted by atomic mass is 10.1. The second-order valence-corrected chi connectivity index (χ2v) is 8.17. The number of aromatic nitrogens is 1. The first kappa shape index (κ1) is 20.3. The Morgan fingerprint density at radius 1 is 1.07 bits per heavy atom. The second kappa shape index (κ2) is 8.38. The molecule has 2 N–H and O–H groups in total. The van der Waals surface area contributed by atoms with E-state index in [0.717, 1.165) is 21.2 Å². The minimum atomic E-state index is -0.247. The Balaban J connectivity index is 1.50. The molecule has 0 atom stereocenters. The van der Waals surface area contributed by atoms with Crippen molar-refractivity contribution in [2.45, 2.75) is 13.8 Å². The van der Waals surface area contributed by atoms with Crippen LogP contribution in [0.5, 0.6) is 0 Å². The first-order chi connectivity index (χ1) is 14.4. The standard InChI is InChI=1S/C23H18BrN3O2S/c1-13-7-9-16(14(2)11-13)21(28)27-23(30)25-15-8-10-20-19(12-15)26-22(29-20)17-5-3-4-6-18(17)24/h3-12H,1-2H3,(H2,25,27,28,30). The number of aryl methyl sites for hydroxylation is 2. The van der Waals surface area contributed by atoms with Gasteiger partial charge in [0.2, 0.25) is 5.89 Å². The maximum atomic E-state index is 12.5. The molecule has 0 unspecified atom stereocenters. The van der Waals surface area contributed by atoms with E-state index in [2.05, 4.69) is 31.5 Å². The van der Waals surface area contributed by atoms with Crippen molar-refractivity contribution in [2.75, 3.05) is 5.32 Å². The number of rotatable bonds is 3. The van der Waals surface area contributed by atoms with Gasteiger partial charge in [-0.15, -0.1) is 0 Å². The highest BCUT2D eigenvalue weighted by Gasteiger charge is 2.13. The van der Waals surface area contributed by atoms with Crippen LogP contribution in [0, 0.1) is 13.8 Å². The number of thiocarbonyl (C=S) groups is 1. The van der Waals surface area contributed by atoms with Crippen molar-refractivity contribution in [2.24, 2.45) is 0 Å². The van der Waals surface area contributed by atoms with Gasteiger partial charge in [-0.2, -0.15) is 0 Å². The largest absolute Gasteiger partial charge is 0.436 e. The molecule has 7 heteroatoms. The summed E-state index contributed by atoms with van der Waals surface area (Å²) in [6, 6.07) is 18.9. The molecule has 4 aromatic rings. The van der Waals surface area contributed by atoms with Crippen LogP contribution in [-0.2, 0) is 0 Å². The van der Waals surface area contributed by atoms with Gasteiger partial charge in [-0.25, -0.2) is 4.98 Å². The van der Waals surface area contributed by atoms with Crippen LogP contribution in [0.15, 0.2) is 69.6 Å². The molecule has 5 nitrogen and oxygen atoms in total. The first-order valence-corrected chi connectivity index (χ1v) is 10.5. The predicted molar refractivity (Wildman–Crippen MR) is 127 cm³/mol. The molecule has 4 rings (SSSR count). The topological polar surface area (TPSA) is 67.2 Å². The van der Waals surface area contributed by atoms with Crippen LogP contribution in [0.25, 0.3) is 22.6 Å². The van der Waals surface area contributed by atoms with Crippen LogP contribution in [-0.4, -0.2) is 16.0 Å². The summed E-state index contributed by atoms with van der Waals surface area (Å²) in [6.07, 6.45) is 0. The fourth-order valence-corrected chi connectivity index (χ4v) is 3.82. The third-order valence-corrected chi connectivity index (χ3v) is 5.50. The molecule has 1 amide bonds. The number of carbonyl (C=O) groups excluding carboxylic acids is 1. The van der Waals surface area contributed by atoms with Gasteiger partial charge in [-0.05, 0) is 84.0 Å². The number of benzene rings is 3. The van der Waals surface area contributed by atoms with E-state index in [-0.39, 0.29) is 11.0 Å². The average Bonchev–Trinajstić information content (AvgIpc) is 3.11. The fourth-order valence-electron chi connectivity index (χ4n) is 3.16. The maximum Gasteiger partial charge on any atom is 0.257 e. The third kappa shape index (κ3) is 4.27. The van der Waals surface area contributed by atoms with Crippen molar-refractivity contribution < 1.29 is 9.21 Å². The number of carbonyl (C=O) groups is 1. The number of fused-ring (bicyclic) bond motifs is 1. The van der Waals surface area contributed by atoms with Gasteiger partial charge in [0.15, 0.2) is 10.7 Å². The molecule has 0 aliphatic carbocycles. The molecule has 0 radical (unpaired) electrons. The van der Waals surface area contributed by atoms with E-state index in [1.807, 2.05) is 68.4 Å². The maximum absolute atomic E-state index is 12.5. The predicted octanol–water partition coefficient (Wildman–Crippen LogP) is 6.00. The summed E-state index contributed by atoms with van der Waals surface area (Å²) in [7, 11) is 0. The van der Waals surface area contributed by atoms with Crippen LogP contribution in [0.3, 0.4) is 0 Å². The lowest BCUT2D eigenvalue weighted by Crippen LogP contribution is -2.34. The van der Waals surface area contributed by atoms with Crippen molar-refractivity contribution in [1.82, 2.24) is 10.3 Å². The Labute approximate surface area is 187 Å². The highest BCUT2D eigenvalue weighted by atomic mass is 79.9. The third-order valence-electron chi connectivity index (χ3n) is 4.60. The summed E-state index contributed by atoms with van der Waals surface area (Å²) >= 11 is 8.83. The summed E-state index contributed by atoms with van der Waals surface area (Å²) in [6.45, 7) is 3.89. The number of nitrogens with zero attached hydrogens (tertiary/aromatic N) is 1. The molecule has 0 spiro atoms. The Morgan fingerprint density at radius 3 is 2.63 bits per heavy atom. The fraction of sp³-hybridized carbons (Fsp3) is 0.0870. The Hall–Kier alpha value is -3.03. The highest BCUT2D eigenvalue weighted by Crippen LogP contribution is 2.30. The molecular weight excluding hydrogens is 462 g/mol. The van der Waals surface area contributed by atoms with E-state index >= 15 is 0 Å². The number of anilines is 1. The summed E-state index contributed by atoms with van der Waals surface area (Å²) in [5, 5.41) is 5.97. The molecule has 1 aromatic heterocycles. The number of hydrogen-bond donors (Lipinski definition) is 2. The van der Waals surface area contributed by atoms with Crippen LogP contribution < -0.4 is 10.6 Å². The highest BCUT2D eigenvalue weighted by molar-refractivity contribution is 9.10. The molecule has 0 fully saturated rings. The minimum Gasteiger partial charge on any atom is -0.436 e. The zero-order valence-corrected chi connectivity index (χ0v) is 18.7. The van der Waals surface area contributed by atoms with Crippen molar-refractivity contribution in [1.29, 1.82) is 0 Å². The molecular formula is C23H18BrN3O2S. The van der Waals surface area contributed by atoms with Crippen molar-refractivity contribution >= 4 is 56.0 Å². The van der Waals surface area contributed by atoms with E-state index < -0.39 is 0 Å². The number of amides is 1. The molecule has 0 bridgehead atoms. The van der Waals surface area contributed by atoms with E-state index in [0.29, 0.717) is 28.2 Å². The van der Waals surface area contributed by atoms with Crippen molar-refractivity contribution in [3.63, 3.8) is 0 Å². The summed E-state index contributed by atoms with van der Waals surface area (Å²) in [4.78, 5) is 17.1. The van der Waals surface area contributed by atoms with E-state index in [1.54, 1.807) is 6.07 Å². The second-order valence-electron chi connectivity index (χ2n) is 6.91. The van der Waals surface area contributed by atoms with Crippen LogP contribution >= 0.6 is 28.1 Å². The molecule has 0 saturated carbocycles. The van der Waals surface area contributed by atoms with Gasteiger partial charge in [0.25, 0.3) is 5.91 Å². The smallest absolute Gasteiger partial charge is 0.257 e. The van der Waals surface area contributed by atoms with E-state index in [9.17, 15) is 4.79 Å². The molecule has 0 aliphatic rings. The van der Waals surface area contributed by atoms with Gasteiger partial charge in [0.1, 0.15) is 5.52 Å². The monoisotopic (exact) mass is 479 g/mol. The Bertz CT molecular complexity index is 1280. The lowest BCUT2D eigenvalue weighted by Gasteiger charge is -2.11. The average molecular weight is 480 g/mol. The van der Waals surface area contributed by atoms with Gasteiger partial charge in [-0.3, -0.25) is 10.1 Å². The molecule has 0 aliphatic heterocycles. The number of halogens is 1. The minimum absolute atomic E-state index is 0.217. The molecule has 150 valence electrons. The normalized spacial score (nSPS) is 10.8. The van der Waals surface area contributed by atoms with Gasteiger partial charge < -0.3 is 9.73 Å². The Morgan fingerprint density at radius 2 is 1.87 bits per heavy atom. The SMILES string of the molecule is Cc1ccc(C(=O)NC(=S)Nc2ccc3oc(-c4ccccc4Br)nc3c2)c(C)c1. The van der Waals surface area contributed by atoms with Crippen LogP contribution in [0.4, 0.5) is 5.69 Å². The number of hydrogen-bond acceptors (Lipinski definition) is 4. The molecule has 3 aromatic carbocycles. The first-order valence-electron chi connectivity index (χ1n) is 9.26. The van der Waals surface area contributed by atoms with Gasteiger partial charge in [0, 0.05) is 15.7 Å². The van der Waals surface area contributed by atoms with Gasteiger partial charge in [-0.1, -0.05) is 29.8 Å². The number of oxazole rings is 1. The van der Waals surface area contributed by atoms with Crippen molar-refractivity contribution in [3.8, 4) is 11.5 Å². The van der Waals surface area contributed by atoms with Crippen molar-refractivity contribution in [3.05, 3.63) is 81.8 Å². The molecule has 1 heterocycles. The van der Waals surface area contributed by atoms with Gasteiger partial charge in [0.05, 0.1) is 5.56 Å². The quantitative estimate of drug-likeness (QED) is 0.352. The zero-order valence-electron chi connectivity index (χ0n) is 16.3. The number of nitrogens with one attached hydrogen (secondary N) is 2. The molecule has 0 saturated heterocycles.